The lowest BCUT2D eigenvalue weighted by Crippen LogP contribution is -2.30. The maximum atomic E-state index is 11.1. The normalized spacial score (nSPS) is 13.8. The van der Waals surface area contributed by atoms with Gasteiger partial charge in [0.15, 0.2) is 0 Å². The lowest BCUT2D eigenvalue weighted by molar-refractivity contribution is -0.144. The van der Waals surface area contributed by atoms with E-state index in [1.54, 1.807) is 24.8 Å². The van der Waals surface area contributed by atoms with Crippen molar-refractivity contribution in [3.8, 4) is 0 Å². The van der Waals surface area contributed by atoms with Crippen molar-refractivity contribution in [3.05, 3.63) is 12.7 Å². The number of carbonyl (C=O) groups excluding carboxylic acids is 1. The Morgan fingerprint density at radius 1 is 1.75 bits per heavy atom. The Morgan fingerprint density at radius 2 is 2.42 bits per heavy atom. The second kappa shape index (κ2) is 6.85. The fourth-order valence-corrected chi connectivity index (χ4v) is 0.800. The van der Waals surface area contributed by atoms with Crippen molar-refractivity contribution >= 4 is 5.97 Å². The summed E-state index contributed by atoms with van der Waals surface area (Å²) in [6.07, 6.45) is 1.67. The lowest BCUT2D eigenvalue weighted by Gasteiger charge is -2.16. The summed E-state index contributed by atoms with van der Waals surface area (Å²) >= 11 is 0. The summed E-state index contributed by atoms with van der Waals surface area (Å²) in [7, 11) is 0. The van der Waals surface area contributed by atoms with Gasteiger partial charge in [0.2, 0.25) is 0 Å². The Hall–Kier alpha value is -0.830. The summed E-state index contributed by atoms with van der Waals surface area (Å²) in [6.45, 7) is 7.69. The van der Waals surface area contributed by atoms with Crippen molar-refractivity contribution in [1.29, 1.82) is 0 Å². The van der Waals surface area contributed by atoms with E-state index in [4.69, 9.17) is 6.11 Å². The molecule has 3 nitrogen and oxygen atoms in total. The zero-order chi connectivity index (χ0) is 10.3. The number of likely N-dealkylation sites (N-methyl/N-ethyl adjacent to an activating group) is 1. The number of rotatable bonds is 6. The molecule has 0 bridgehead atoms. The summed E-state index contributed by atoms with van der Waals surface area (Å²) < 4.78 is 12.2. The number of carbonyl (C=O) groups is 1. The summed E-state index contributed by atoms with van der Waals surface area (Å²) in [5, 5.41) is 0. The van der Waals surface area contributed by atoms with Crippen LogP contribution in [0.1, 0.15) is 15.2 Å². The Labute approximate surface area is 75.4 Å². The van der Waals surface area contributed by atoms with Crippen LogP contribution in [-0.2, 0) is 9.53 Å². The van der Waals surface area contributed by atoms with Gasteiger partial charge in [0.1, 0.15) is 0 Å². The summed E-state index contributed by atoms with van der Waals surface area (Å²) in [5.74, 6) is -0.288. The third-order valence-corrected chi connectivity index (χ3v) is 1.37. The molecule has 0 saturated carbocycles. The predicted molar refractivity (Wildman–Crippen MR) is 48.9 cm³/mol. The molecule has 12 heavy (non-hydrogen) atoms. The highest BCUT2D eigenvalue weighted by atomic mass is 16.5. The molecule has 0 amide bonds. The number of nitrogens with zero attached hydrogens (tertiary/aromatic N) is 1. The van der Waals surface area contributed by atoms with Gasteiger partial charge in [-0.15, -0.1) is 6.58 Å². The molecule has 70 valence electrons. The first-order valence-corrected chi connectivity index (χ1v) is 4.04. The third-order valence-electron chi connectivity index (χ3n) is 1.37. The molecule has 0 aliphatic carbocycles. The average Bonchev–Trinajstić information content (AvgIpc) is 2.04. The van der Waals surface area contributed by atoms with Crippen molar-refractivity contribution < 1.29 is 10.9 Å². The minimum absolute atomic E-state index is 0.157. The van der Waals surface area contributed by atoms with Gasteiger partial charge in [0, 0.05) is 7.92 Å². The second-order valence-corrected chi connectivity index (χ2v) is 2.28. The van der Waals surface area contributed by atoms with Crippen LogP contribution in [0.2, 0.25) is 0 Å². The van der Waals surface area contributed by atoms with Gasteiger partial charge in [0.05, 0.1) is 13.2 Å². The van der Waals surface area contributed by atoms with Crippen molar-refractivity contribution in [2.75, 3.05) is 26.2 Å². The minimum atomic E-state index is -0.414. The highest BCUT2D eigenvalue weighted by Gasteiger charge is 2.06. The highest BCUT2D eigenvalue weighted by molar-refractivity contribution is 5.71. The van der Waals surface area contributed by atoms with Crippen molar-refractivity contribution in [2.24, 2.45) is 0 Å². The van der Waals surface area contributed by atoms with Crippen LogP contribution in [0.3, 0.4) is 0 Å². The molecule has 1 atom stereocenters. The number of hydrogen-bond acceptors (Lipinski definition) is 3. The van der Waals surface area contributed by atoms with Crippen LogP contribution >= 0.6 is 0 Å². The maximum absolute atomic E-state index is 11.1. The van der Waals surface area contributed by atoms with Gasteiger partial charge in [-0.25, -0.2) is 0 Å². The molecule has 0 heterocycles. The molecule has 0 aromatic rings. The highest BCUT2D eigenvalue weighted by Crippen LogP contribution is 1.89. The first-order chi connectivity index (χ1) is 6.11. The van der Waals surface area contributed by atoms with E-state index >= 15 is 0 Å². The fraction of sp³-hybridized carbons (Fsp3) is 0.667. The monoisotopic (exact) mass is 172 g/mol. The Bertz CT molecular complexity index is 171. The standard InChI is InChI=1S/C9H17NO2/c1-4-7-10(5-2)8-9(11)12-6-3/h4H,1,5-8H2,2-3H3/i5D. The van der Waals surface area contributed by atoms with Crippen LogP contribution in [0, 0.1) is 0 Å². The second-order valence-electron chi connectivity index (χ2n) is 2.28. The maximum Gasteiger partial charge on any atom is 0.320 e. The van der Waals surface area contributed by atoms with Crippen molar-refractivity contribution in [3.63, 3.8) is 0 Å². The van der Waals surface area contributed by atoms with Crippen molar-refractivity contribution in [1.82, 2.24) is 4.90 Å². The zero-order valence-corrected chi connectivity index (χ0v) is 7.75. The van der Waals surface area contributed by atoms with Gasteiger partial charge in [-0.05, 0) is 13.4 Å². The molecule has 0 aliphatic rings. The first kappa shape index (κ1) is 9.26. The van der Waals surface area contributed by atoms with Gasteiger partial charge in [-0.3, -0.25) is 9.69 Å². The molecule has 1 unspecified atom stereocenters. The quantitative estimate of drug-likeness (QED) is 0.443. The first-order valence-electron chi connectivity index (χ1n) is 4.62. The topological polar surface area (TPSA) is 29.5 Å². The van der Waals surface area contributed by atoms with Crippen molar-refractivity contribution in [2.45, 2.75) is 13.8 Å². The van der Waals surface area contributed by atoms with Crippen LogP contribution in [0.5, 0.6) is 0 Å². The molecular formula is C9H17NO2. The number of ether oxygens (including phenoxy) is 1. The van der Waals surface area contributed by atoms with E-state index in [0.717, 1.165) is 0 Å². The molecule has 0 aromatic heterocycles. The Morgan fingerprint density at radius 3 is 2.83 bits per heavy atom. The molecule has 0 fully saturated rings. The largest absolute Gasteiger partial charge is 0.465 e. The molecule has 0 saturated heterocycles. The molecule has 0 spiro atoms. The van der Waals surface area contributed by atoms with E-state index in [1.807, 2.05) is 0 Å². The van der Waals surface area contributed by atoms with Gasteiger partial charge in [0.25, 0.3) is 0 Å². The zero-order valence-electron chi connectivity index (χ0n) is 8.75. The summed E-state index contributed by atoms with van der Waals surface area (Å²) in [5.41, 5.74) is 0. The van der Waals surface area contributed by atoms with E-state index in [2.05, 4.69) is 6.58 Å². The van der Waals surface area contributed by atoms with Crippen LogP contribution in [0.4, 0.5) is 0 Å². The molecular weight excluding hydrogens is 154 g/mol. The SMILES string of the molecule is [2H]C(C)N(CC=C)CC(=O)OCC. The van der Waals surface area contributed by atoms with E-state index < -0.39 is 6.52 Å². The predicted octanol–water partition coefficient (Wildman–Crippen LogP) is 1.06. The Kier molecular flexibility index (Phi) is 5.29. The fourth-order valence-electron chi connectivity index (χ4n) is 0.800. The average molecular weight is 172 g/mol. The third kappa shape index (κ3) is 4.91. The lowest BCUT2D eigenvalue weighted by atomic mass is 10.4. The molecule has 0 aromatic carbocycles. The molecule has 0 N–H and O–H groups in total. The van der Waals surface area contributed by atoms with Crippen LogP contribution in [-0.4, -0.2) is 37.1 Å². The van der Waals surface area contributed by atoms with E-state index in [0.29, 0.717) is 13.2 Å². The van der Waals surface area contributed by atoms with Gasteiger partial charge < -0.3 is 4.74 Å². The van der Waals surface area contributed by atoms with Crippen LogP contribution < -0.4 is 0 Å². The van der Waals surface area contributed by atoms with Gasteiger partial charge in [-0.1, -0.05) is 13.0 Å². The van der Waals surface area contributed by atoms with E-state index in [-0.39, 0.29) is 12.5 Å². The van der Waals surface area contributed by atoms with E-state index in [1.165, 1.54) is 0 Å². The summed E-state index contributed by atoms with van der Waals surface area (Å²) in [4.78, 5) is 12.7. The van der Waals surface area contributed by atoms with E-state index in [9.17, 15) is 4.79 Å². The van der Waals surface area contributed by atoms with Crippen LogP contribution in [0.15, 0.2) is 12.7 Å². The number of esters is 1. The molecule has 0 radical (unpaired) electrons. The van der Waals surface area contributed by atoms with Gasteiger partial charge >= 0.3 is 5.97 Å². The minimum Gasteiger partial charge on any atom is -0.465 e. The summed E-state index contributed by atoms with van der Waals surface area (Å²) in [6, 6.07) is 0. The number of hydrogen-bond donors (Lipinski definition) is 0. The molecule has 0 rings (SSSR count). The Balaban J connectivity index is 3.93. The smallest absolute Gasteiger partial charge is 0.320 e. The molecule has 0 aliphatic heterocycles. The molecule has 3 heteroatoms. The van der Waals surface area contributed by atoms with Crippen LogP contribution in [0.25, 0.3) is 0 Å². The van der Waals surface area contributed by atoms with Gasteiger partial charge in [-0.2, -0.15) is 0 Å².